The van der Waals surface area contributed by atoms with Gasteiger partial charge < -0.3 is 5.32 Å². The Morgan fingerprint density at radius 3 is 2.50 bits per heavy atom. The number of nitrogens with one attached hydrogen (secondary N) is 1. The summed E-state index contributed by atoms with van der Waals surface area (Å²) in [4.78, 5) is 2.52. The standard InChI is InChI=1S/C17H27FN2/c1-13-9-10-19-16(17(2,3)4)12-20(13)11-14-5-7-15(18)8-6-14/h5-8,13,16,19H,9-12H2,1-4H3. The predicted octanol–water partition coefficient (Wildman–Crippen LogP) is 3.42. The van der Waals surface area contributed by atoms with E-state index in [-0.39, 0.29) is 11.2 Å². The highest BCUT2D eigenvalue weighted by Gasteiger charge is 2.30. The Bertz CT molecular complexity index is 422. The summed E-state index contributed by atoms with van der Waals surface area (Å²) in [6.07, 6.45) is 1.16. The first-order valence-corrected chi connectivity index (χ1v) is 7.58. The monoisotopic (exact) mass is 278 g/mol. The zero-order valence-corrected chi connectivity index (χ0v) is 13.1. The number of hydrogen-bond acceptors (Lipinski definition) is 2. The maximum Gasteiger partial charge on any atom is 0.123 e. The third kappa shape index (κ3) is 4.03. The van der Waals surface area contributed by atoms with E-state index >= 15 is 0 Å². The van der Waals surface area contributed by atoms with Crippen molar-refractivity contribution >= 4 is 0 Å². The Balaban J connectivity index is 2.08. The first-order valence-electron chi connectivity index (χ1n) is 7.58. The molecule has 1 aliphatic rings. The highest BCUT2D eigenvalue weighted by atomic mass is 19.1. The van der Waals surface area contributed by atoms with Gasteiger partial charge in [-0.05, 0) is 43.0 Å². The fourth-order valence-electron chi connectivity index (χ4n) is 2.75. The molecule has 0 aromatic heterocycles. The van der Waals surface area contributed by atoms with E-state index in [9.17, 15) is 4.39 Å². The molecule has 0 bridgehead atoms. The molecule has 1 aromatic carbocycles. The van der Waals surface area contributed by atoms with Crippen LogP contribution >= 0.6 is 0 Å². The van der Waals surface area contributed by atoms with Gasteiger partial charge in [0, 0.05) is 25.2 Å². The first-order chi connectivity index (χ1) is 9.36. The summed E-state index contributed by atoms with van der Waals surface area (Å²) in [7, 11) is 0. The fraction of sp³-hybridized carbons (Fsp3) is 0.647. The summed E-state index contributed by atoms with van der Waals surface area (Å²) < 4.78 is 13.0. The molecule has 1 aromatic rings. The minimum absolute atomic E-state index is 0.160. The van der Waals surface area contributed by atoms with Crippen molar-refractivity contribution in [3.63, 3.8) is 0 Å². The quantitative estimate of drug-likeness (QED) is 0.891. The van der Waals surface area contributed by atoms with E-state index in [2.05, 4.69) is 37.9 Å². The van der Waals surface area contributed by atoms with Gasteiger partial charge in [0.05, 0.1) is 0 Å². The molecule has 1 heterocycles. The lowest BCUT2D eigenvalue weighted by Crippen LogP contribution is -2.47. The molecule has 2 nitrogen and oxygen atoms in total. The van der Waals surface area contributed by atoms with E-state index in [1.54, 1.807) is 12.1 Å². The molecule has 1 aliphatic heterocycles. The third-order valence-electron chi connectivity index (χ3n) is 4.34. The van der Waals surface area contributed by atoms with Crippen LogP contribution in [0.15, 0.2) is 24.3 Å². The minimum atomic E-state index is -0.160. The van der Waals surface area contributed by atoms with Crippen molar-refractivity contribution in [1.29, 1.82) is 0 Å². The Morgan fingerprint density at radius 2 is 1.90 bits per heavy atom. The molecule has 0 amide bonds. The van der Waals surface area contributed by atoms with Gasteiger partial charge >= 0.3 is 0 Å². The number of rotatable bonds is 2. The molecular weight excluding hydrogens is 251 g/mol. The highest BCUT2D eigenvalue weighted by Crippen LogP contribution is 2.24. The molecule has 0 radical (unpaired) electrons. The summed E-state index contributed by atoms with van der Waals surface area (Å²) >= 11 is 0. The van der Waals surface area contributed by atoms with Crippen molar-refractivity contribution in [2.45, 2.75) is 52.7 Å². The summed E-state index contributed by atoms with van der Waals surface area (Å²) in [5.74, 6) is -0.160. The van der Waals surface area contributed by atoms with Crippen molar-refractivity contribution in [2.24, 2.45) is 5.41 Å². The zero-order chi connectivity index (χ0) is 14.8. The number of hydrogen-bond donors (Lipinski definition) is 1. The van der Waals surface area contributed by atoms with Crippen LogP contribution in [-0.2, 0) is 6.54 Å². The van der Waals surface area contributed by atoms with Crippen molar-refractivity contribution in [3.8, 4) is 0 Å². The van der Waals surface area contributed by atoms with E-state index in [4.69, 9.17) is 0 Å². The largest absolute Gasteiger partial charge is 0.312 e. The van der Waals surface area contributed by atoms with Crippen LogP contribution in [0.3, 0.4) is 0 Å². The molecule has 1 saturated heterocycles. The van der Waals surface area contributed by atoms with Crippen molar-refractivity contribution in [2.75, 3.05) is 13.1 Å². The van der Waals surface area contributed by atoms with Gasteiger partial charge in [0.25, 0.3) is 0 Å². The minimum Gasteiger partial charge on any atom is -0.312 e. The molecule has 0 aliphatic carbocycles. The van der Waals surface area contributed by atoms with Gasteiger partial charge in [-0.3, -0.25) is 4.90 Å². The maximum absolute atomic E-state index is 13.0. The van der Waals surface area contributed by atoms with Gasteiger partial charge in [-0.25, -0.2) is 4.39 Å². The van der Waals surface area contributed by atoms with Crippen LogP contribution < -0.4 is 5.32 Å². The number of halogens is 1. The molecule has 2 unspecified atom stereocenters. The van der Waals surface area contributed by atoms with Crippen LogP contribution in [0.5, 0.6) is 0 Å². The molecule has 112 valence electrons. The lowest BCUT2D eigenvalue weighted by Gasteiger charge is -2.35. The Morgan fingerprint density at radius 1 is 1.25 bits per heavy atom. The molecule has 0 spiro atoms. The molecule has 2 atom stereocenters. The lowest BCUT2D eigenvalue weighted by molar-refractivity contribution is 0.157. The smallest absolute Gasteiger partial charge is 0.123 e. The second kappa shape index (κ2) is 6.23. The highest BCUT2D eigenvalue weighted by molar-refractivity contribution is 5.16. The van der Waals surface area contributed by atoms with Crippen LogP contribution in [-0.4, -0.2) is 30.1 Å². The Labute approximate surface area is 122 Å². The van der Waals surface area contributed by atoms with Crippen LogP contribution in [0.25, 0.3) is 0 Å². The van der Waals surface area contributed by atoms with Gasteiger partial charge in [-0.1, -0.05) is 32.9 Å². The first kappa shape index (κ1) is 15.5. The maximum atomic E-state index is 13.0. The van der Waals surface area contributed by atoms with E-state index < -0.39 is 0 Å². The van der Waals surface area contributed by atoms with Gasteiger partial charge in [-0.2, -0.15) is 0 Å². The summed E-state index contributed by atoms with van der Waals surface area (Å²) in [6, 6.07) is 7.95. The van der Waals surface area contributed by atoms with E-state index in [1.165, 1.54) is 5.56 Å². The van der Waals surface area contributed by atoms with Crippen molar-refractivity contribution < 1.29 is 4.39 Å². The Kier molecular flexibility index (Phi) is 4.82. The fourth-order valence-corrected chi connectivity index (χ4v) is 2.75. The Hall–Kier alpha value is -0.930. The van der Waals surface area contributed by atoms with Crippen molar-refractivity contribution in [3.05, 3.63) is 35.6 Å². The van der Waals surface area contributed by atoms with Crippen molar-refractivity contribution in [1.82, 2.24) is 10.2 Å². The molecule has 1 N–H and O–H groups in total. The summed E-state index contributed by atoms with van der Waals surface area (Å²) in [5.41, 5.74) is 1.44. The van der Waals surface area contributed by atoms with E-state index in [1.807, 2.05) is 12.1 Å². The zero-order valence-electron chi connectivity index (χ0n) is 13.1. The van der Waals surface area contributed by atoms with Crippen LogP contribution in [0, 0.1) is 11.2 Å². The molecule has 2 rings (SSSR count). The van der Waals surface area contributed by atoms with Gasteiger partial charge in [-0.15, -0.1) is 0 Å². The molecular formula is C17H27FN2. The van der Waals surface area contributed by atoms with Gasteiger partial charge in [0.2, 0.25) is 0 Å². The summed E-state index contributed by atoms with van der Waals surface area (Å²) in [6.45, 7) is 12.2. The average molecular weight is 278 g/mol. The van der Waals surface area contributed by atoms with Crippen LogP contribution in [0.4, 0.5) is 4.39 Å². The second-order valence-electron chi connectivity index (χ2n) is 7.07. The summed E-state index contributed by atoms with van der Waals surface area (Å²) in [5, 5.41) is 3.68. The topological polar surface area (TPSA) is 15.3 Å². The number of nitrogens with zero attached hydrogens (tertiary/aromatic N) is 1. The molecule has 0 saturated carbocycles. The lowest BCUT2D eigenvalue weighted by atomic mass is 9.86. The van der Waals surface area contributed by atoms with E-state index in [0.717, 1.165) is 26.1 Å². The average Bonchev–Trinajstić information content (AvgIpc) is 2.55. The van der Waals surface area contributed by atoms with Gasteiger partial charge in [0.15, 0.2) is 0 Å². The second-order valence-corrected chi connectivity index (χ2v) is 7.07. The SMILES string of the molecule is CC1CCNC(C(C)(C)C)CN1Cc1ccc(F)cc1. The van der Waals surface area contributed by atoms with Crippen LogP contribution in [0.1, 0.15) is 39.7 Å². The third-order valence-corrected chi connectivity index (χ3v) is 4.34. The molecule has 20 heavy (non-hydrogen) atoms. The molecule has 1 fully saturated rings. The molecule has 3 heteroatoms. The normalized spacial score (nSPS) is 25.4. The predicted molar refractivity (Wildman–Crippen MR) is 82.1 cm³/mol. The van der Waals surface area contributed by atoms with E-state index in [0.29, 0.717) is 12.1 Å². The number of benzene rings is 1. The van der Waals surface area contributed by atoms with Crippen LogP contribution in [0.2, 0.25) is 0 Å². The van der Waals surface area contributed by atoms with Gasteiger partial charge in [0.1, 0.15) is 5.82 Å².